The number of carbonyl (C=O) groups excluding carboxylic acids is 1. The zero-order valence-electron chi connectivity index (χ0n) is 13.0. The number of pyridine rings is 1. The maximum absolute atomic E-state index is 12.6. The van der Waals surface area contributed by atoms with Crippen molar-refractivity contribution in [3.8, 4) is 0 Å². The Bertz CT molecular complexity index is 499. The molecule has 1 fully saturated rings. The van der Waals surface area contributed by atoms with Gasteiger partial charge in [-0.15, -0.1) is 0 Å². The highest BCUT2D eigenvalue weighted by Crippen LogP contribution is 2.45. The molecule has 1 amide bonds. The van der Waals surface area contributed by atoms with Crippen molar-refractivity contribution in [2.45, 2.75) is 46.3 Å². The molecule has 2 atom stereocenters. The zero-order valence-corrected chi connectivity index (χ0v) is 13.0. The third-order valence-corrected chi connectivity index (χ3v) is 4.52. The SMILES string of the molecule is CCO[C@@H]1C[C@H](N(C)C(=O)c2cccnc2C)C1(C)C. The van der Waals surface area contributed by atoms with Gasteiger partial charge in [-0.1, -0.05) is 13.8 Å². The summed E-state index contributed by atoms with van der Waals surface area (Å²) in [5.41, 5.74) is 1.46. The first kappa shape index (κ1) is 15.0. The minimum Gasteiger partial charge on any atom is -0.378 e. The Morgan fingerprint density at radius 3 is 2.80 bits per heavy atom. The van der Waals surface area contributed by atoms with E-state index in [-0.39, 0.29) is 23.5 Å². The van der Waals surface area contributed by atoms with Gasteiger partial charge in [0.1, 0.15) is 0 Å². The number of aryl methyl sites for hydroxylation is 1. The summed E-state index contributed by atoms with van der Waals surface area (Å²) in [6.45, 7) is 8.94. The summed E-state index contributed by atoms with van der Waals surface area (Å²) in [5, 5.41) is 0. The molecule has 4 heteroatoms. The van der Waals surface area contributed by atoms with Crippen molar-refractivity contribution in [1.82, 2.24) is 9.88 Å². The van der Waals surface area contributed by atoms with Crippen LogP contribution in [0.2, 0.25) is 0 Å². The molecule has 1 aromatic rings. The van der Waals surface area contributed by atoms with Gasteiger partial charge in [0.2, 0.25) is 0 Å². The minimum absolute atomic E-state index is 0.00344. The van der Waals surface area contributed by atoms with Crippen molar-refractivity contribution in [3.63, 3.8) is 0 Å². The maximum Gasteiger partial charge on any atom is 0.255 e. The van der Waals surface area contributed by atoms with E-state index in [1.807, 2.05) is 37.9 Å². The van der Waals surface area contributed by atoms with Crippen LogP contribution in [0.5, 0.6) is 0 Å². The van der Waals surface area contributed by atoms with Gasteiger partial charge < -0.3 is 9.64 Å². The van der Waals surface area contributed by atoms with E-state index in [9.17, 15) is 4.79 Å². The Labute approximate surface area is 121 Å². The normalized spacial score (nSPS) is 24.1. The zero-order chi connectivity index (χ0) is 14.9. The Balaban J connectivity index is 2.12. The predicted molar refractivity (Wildman–Crippen MR) is 78.7 cm³/mol. The molecule has 0 saturated heterocycles. The number of hydrogen-bond donors (Lipinski definition) is 0. The second-order valence-electron chi connectivity index (χ2n) is 6.07. The summed E-state index contributed by atoms with van der Waals surface area (Å²) in [6.07, 6.45) is 2.86. The number of amides is 1. The van der Waals surface area contributed by atoms with Gasteiger partial charge in [0.15, 0.2) is 0 Å². The fourth-order valence-corrected chi connectivity index (χ4v) is 3.05. The molecule has 0 N–H and O–H groups in total. The Morgan fingerprint density at radius 2 is 2.25 bits per heavy atom. The molecule has 4 nitrogen and oxygen atoms in total. The third kappa shape index (κ3) is 2.44. The van der Waals surface area contributed by atoms with Crippen LogP contribution in [-0.2, 0) is 4.74 Å². The molecule has 0 aromatic carbocycles. The molecule has 2 rings (SSSR count). The van der Waals surface area contributed by atoms with E-state index >= 15 is 0 Å². The van der Waals surface area contributed by atoms with E-state index in [1.165, 1.54) is 0 Å². The van der Waals surface area contributed by atoms with Gasteiger partial charge in [-0.05, 0) is 32.4 Å². The lowest BCUT2D eigenvalue weighted by atomic mass is 9.63. The molecule has 0 unspecified atom stereocenters. The van der Waals surface area contributed by atoms with Crippen LogP contribution in [0.4, 0.5) is 0 Å². The van der Waals surface area contributed by atoms with Gasteiger partial charge in [-0.25, -0.2) is 0 Å². The van der Waals surface area contributed by atoms with E-state index in [1.54, 1.807) is 6.20 Å². The van der Waals surface area contributed by atoms with Crippen LogP contribution in [0.25, 0.3) is 0 Å². The van der Waals surface area contributed by atoms with Crippen molar-refractivity contribution in [2.24, 2.45) is 5.41 Å². The summed E-state index contributed by atoms with van der Waals surface area (Å²) in [7, 11) is 1.88. The summed E-state index contributed by atoms with van der Waals surface area (Å²) in [4.78, 5) is 18.6. The fourth-order valence-electron chi connectivity index (χ4n) is 3.05. The first-order valence-electron chi connectivity index (χ1n) is 7.20. The summed E-state index contributed by atoms with van der Waals surface area (Å²) in [5.74, 6) is 0.0450. The minimum atomic E-state index is -0.00344. The summed E-state index contributed by atoms with van der Waals surface area (Å²) < 4.78 is 5.73. The quantitative estimate of drug-likeness (QED) is 0.849. The van der Waals surface area contributed by atoms with Gasteiger partial charge >= 0.3 is 0 Å². The Hall–Kier alpha value is -1.42. The summed E-state index contributed by atoms with van der Waals surface area (Å²) >= 11 is 0. The van der Waals surface area contributed by atoms with Crippen LogP contribution in [-0.4, -0.2) is 41.6 Å². The lowest BCUT2D eigenvalue weighted by Gasteiger charge is -2.54. The second-order valence-corrected chi connectivity index (χ2v) is 6.07. The predicted octanol–water partition coefficient (Wildman–Crippen LogP) is 2.67. The first-order valence-corrected chi connectivity index (χ1v) is 7.20. The highest BCUT2D eigenvalue weighted by Gasteiger charge is 2.51. The lowest BCUT2D eigenvalue weighted by Crippen LogP contribution is -2.62. The number of hydrogen-bond acceptors (Lipinski definition) is 3. The van der Waals surface area contributed by atoms with Crippen LogP contribution in [0.15, 0.2) is 18.3 Å². The molecule has 1 aliphatic rings. The maximum atomic E-state index is 12.6. The molecule has 0 bridgehead atoms. The van der Waals surface area contributed by atoms with Crippen molar-refractivity contribution < 1.29 is 9.53 Å². The molecule has 0 aliphatic heterocycles. The average Bonchev–Trinajstić information content (AvgIpc) is 2.42. The van der Waals surface area contributed by atoms with E-state index < -0.39 is 0 Å². The van der Waals surface area contributed by atoms with Gasteiger partial charge in [0.05, 0.1) is 11.7 Å². The van der Waals surface area contributed by atoms with Crippen molar-refractivity contribution in [1.29, 1.82) is 0 Å². The van der Waals surface area contributed by atoms with Gasteiger partial charge in [0.25, 0.3) is 5.91 Å². The lowest BCUT2D eigenvalue weighted by molar-refractivity contribution is -0.136. The van der Waals surface area contributed by atoms with Crippen LogP contribution in [0.3, 0.4) is 0 Å². The van der Waals surface area contributed by atoms with Crippen molar-refractivity contribution in [2.75, 3.05) is 13.7 Å². The van der Waals surface area contributed by atoms with Crippen molar-refractivity contribution in [3.05, 3.63) is 29.6 Å². The molecule has 1 saturated carbocycles. The molecule has 1 aromatic heterocycles. The molecule has 1 aliphatic carbocycles. The van der Waals surface area contributed by atoms with Crippen LogP contribution >= 0.6 is 0 Å². The molecule has 0 radical (unpaired) electrons. The molecule has 1 heterocycles. The van der Waals surface area contributed by atoms with Gasteiger partial charge in [-0.2, -0.15) is 0 Å². The standard InChI is InChI=1S/C16H24N2O2/c1-6-20-14-10-13(16(14,3)4)18(5)15(19)12-8-7-9-17-11(12)2/h7-9,13-14H,6,10H2,1-5H3/t13-,14+/m0/s1. The highest BCUT2D eigenvalue weighted by atomic mass is 16.5. The first-order chi connectivity index (χ1) is 9.39. The molecule has 0 spiro atoms. The van der Waals surface area contributed by atoms with Crippen LogP contribution in [0.1, 0.15) is 43.2 Å². The van der Waals surface area contributed by atoms with E-state index in [0.29, 0.717) is 5.56 Å². The second kappa shape index (κ2) is 5.52. The number of aromatic nitrogens is 1. The van der Waals surface area contributed by atoms with Gasteiger partial charge in [-0.3, -0.25) is 9.78 Å². The monoisotopic (exact) mass is 276 g/mol. The third-order valence-electron chi connectivity index (χ3n) is 4.52. The Kier molecular flexibility index (Phi) is 4.14. The number of rotatable bonds is 4. The molecule has 20 heavy (non-hydrogen) atoms. The van der Waals surface area contributed by atoms with E-state index in [2.05, 4.69) is 18.8 Å². The summed E-state index contributed by atoms with van der Waals surface area (Å²) in [6, 6.07) is 3.86. The number of nitrogens with zero attached hydrogens (tertiary/aromatic N) is 2. The average molecular weight is 276 g/mol. The Morgan fingerprint density at radius 1 is 1.55 bits per heavy atom. The largest absolute Gasteiger partial charge is 0.378 e. The molecule has 110 valence electrons. The fraction of sp³-hybridized carbons (Fsp3) is 0.625. The molecular weight excluding hydrogens is 252 g/mol. The van der Waals surface area contributed by atoms with Crippen molar-refractivity contribution >= 4 is 5.91 Å². The van der Waals surface area contributed by atoms with E-state index in [0.717, 1.165) is 18.7 Å². The van der Waals surface area contributed by atoms with Crippen LogP contribution < -0.4 is 0 Å². The highest BCUT2D eigenvalue weighted by molar-refractivity contribution is 5.95. The number of ether oxygens (including phenoxy) is 1. The smallest absolute Gasteiger partial charge is 0.255 e. The number of carbonyl (C=O) groups is 1. The van der Waals surface area contributed by atoms with E-state index in [4.69, 9.17) is 4.74 Å². The topological polar surface area (TPSA) is 42.4 Å². The van der Waals surface area contributed by atoms with Crippen LogP contribution in [0, 0.1) is 12.3 Å². The van der Waals surface area contributed by atoms with Gasteiger partial charge in [0, 0.05) is 37.0 Å². The molecular formula is C16H24N2O2.